The topological polar surface area (TPSA) is 75.9 Å². The van der Waals surface area contributed by atoms with Gasteiger partial charge in [0, 0.05) is 25.3 Å². The number of para-hydroxylation sites is 2. The molecule has 0 fully saturated rings. The van der Waals surface area contributed by atoms with Crippen LogP contribution >= 0.6 is 0 Å². The van der Waals surface area contributed by atoms with Gasteiger partial charge in [0.05, 0.1) is 11.3 Å². The number of anilines is 1. The summed E-state index contributed by atoms with van der Waals surface area (Å²) in [5.74, 6) is -0.163. The summed E-state index contributed by atoms with van der Waals surface area (Å²) in [5.41, 5.74) is 6.24. The highest BCUT2D eigenvalue weighted by Gasteiger charge is 2.18. The highest BCUT2D eigenvalue weighted by molar-refractivity contribution is 5.97. The van der Waals surface area contributed by atoms with Gasteiger partial charge in [0.25, 0.3) is 5.91 Å². The minimum Gasteiger partial charge on any atom is -0.367 e. The van der Waals surface area contributed by atoms with Crippen molar-refractivity contribution in [1.82, 2.24) is 25.5 Å². The highest BCUT2D eigenvalue weighted by Crippen LogP contribution is 2.28. The predicted octanol–water partition coefficient (Wildman–Crippen LogP) is 3.16. The normalized spacial score (nSPS) is 12.6. The number of hydrogen-bond acceptors (Lipinski definition) is 5. The quantitative estimate of drug-likeness (QED) is 0.528. The Balaban J connectivity index is 1.22. The van der Waals surface area contributed by atoms with E-state index in [4.69, 9.17) is 0 Å². The van der Waals surface area contributed by atoms with Crippen molar-refractivity contribution in [2.24, 2.45) is 0 Å². The number of tetrazole rings is 1. The first-order valence-electron chi connectivity index (χ1n) is 10.3. The molecular weight excluding hydrogens is 388 g/mol. The van der Waals surface area contributed by atoms with E-state index in [0.29, 0.717) is 17.8 Å². The number of nitrogens with one attached hydrogen (secondary N) is 1. The van der Waals surface area contributed by atoms with Crippen LogP contribution in [0.15, 0.2) is 79.1 Å². The molecule has 7 nitrogen and oxygen atoms in total. The van der Waals surface area contributed by atoms with E-state index < -0.39 is 0 Å². The lowest BCUT2D eigenvalue weighted by atomic mass is 10.1. The van der Waals surface area contributed by atoms with Crippen molar-refractivity contribution in [3.8, 4) is 5.69 Å². The van der Waals surface area contributed by atoms with E-state index in [9.17, 15) is 4.79 Å². The van der Waals surface area contributed by atoms with Gasteiger partial charge in [-0.1, -0.05) is 54.6 Å². The van der Waals surface area contributed by atoms with Crippen molar-refractivity contribution >= 4 is 11.6 Å². The molecule has 4 aromatic rings. The standard InChI is InChI=1S/C24H22N6O/c31-24(21-6-2-4-8-23(21)30-17-26-27-28-30)25-15-18-9-11-19(12-10-18)16-29-14-13-20-5-1-3-7-22(20)29/h1-12,17H,13-16H2,(H,25,31). The van der Waals surface area contributed by atoms with Crippen molar-refractivity contribution in [3.63, 3.8) is 0 Å². The Hall–Kier alpha value is -4.00. The number of fused-ring (bicyclic) bond motifs is 1. The second-order valence-electron chi connectivity index (χ2n) is 7.57. The van der Waals surface area contributed by atoms with E-state index in [1.54, 1.807) is 6.07 Å². The van der Waals surface area contributed by atoms with Crippen LogP contribution in [0.5, 0.6) is 0 Å². The van der Waals surface area contributed by atoms with E-state index in [0.717, 1.165) is 25.1 Å². The summed E-state index contributed by atoms with van der Waals surface area (Å²) in [6, 6.07) is 24.3. The molecule has 1 aliphatic rings. The lowest BCUT2D eigenvalue weighted by molar-refractivity contribution is 0.0950. The first-order valence-corrected chi connectivity index (χ1v) is 10.3. The zero-order valence-electron chi connectivity index (χ0n) is 17.0. The molecule has 1 amide bonds. The first kappa shape index (κ1) is 19.0. The monoisotopic (exact) mass is 410 g/mol. The molecule has 5 rings (SSSR count). The number of amides is 1. The van der Waals surface area contributed by atoms with Crippen LogP contribution in [0.1, 0.15) is 27.0 Å². The minimum absolute atomic E-state index is 0.163. The van der Waals surface area contributed by atoms with Gasteiger partial charge in [-0.05, 0) is 51.7 Å². The Morgan fingerprint density at radius 2 is 1.65 bits per heavy atom. The Bertz CT molecular complexity index is 1190. The zero-order valence-corrected chi connectivity index (χ0v) is 17.0. The second kappa shape index (κ2) is 8.39. The summed E-state index contributed by atoms with van der Waals surface area (Å²) >= 11 is 0. The van der Waals surface area contributed by atoms with Gasteiger partial charge in [-0.3, -0.25) is 4.79 Å². The smallest absolute Gasteiger partial charge is 0.253 e. The summed E-state index contributed by atoms with van der Waals surface area (Å²) in [5, 5.41) is 14.2. The molecule has 31 heavy (non-hydrogen) atoms. The van der Waals surface area contributed by atoms with Gasteiger partial charge in [-0.2, -0.15) is 4.68 Å². The molecule has 3 aromatic carbocycles. The van der Waals surface area contributed by atoms with Gasteiger partial charge in [-0.15, -0.1) is 5.10 Å². The van der Waals surface area contributed by atoms with Crippen LogP contribution in [0.2, 0.25) is 0 Å². The molecule has 0 unspecified atom stereocenters. The van der Waals surface area contributed by atoms with Crippen molar-refractivity contribution in [2.75, 3.05) is 11.4 Å². The van der Waals surface area contributed by atoms with Crippen LogP contribution < -0.4 is 10.2 Å². The predicted molar refractivity (Wildman–Crippen MR) is 118 cm³/mol. The number of hydrogen-bond donors (Lipinski definition) is 1. The molecule has 1 aromatic heterocycles. The summed E-state index contributed by atoms with van der Waals surface area (Å²) in [7, 11) is 0. The molecule has 0 bridgehead atoms. The third kappa shape index (κ3) is 4.02. The van der Waals surface area contributed by atoms with E-state index in [1.165, 1.54) is 27.8 Å². The van der Waals surface area contributed by atoms with Crippen LogP contribution in [0.3, 0.4) is 0 Å². The largest absolute Gasteiger partial charge is 0.367 e. The Morgan fingerprint density at radius 1 is 0.903 bits per heavy atom. The van der Waals surface area contributed by atoms with Crippen LogP contribution in [0.4, 0.5) is 5.69 Å². The average Bonchev–Trinajstić information content (AvgIpc) is 3.49. The Kier molecular flexibility index (Phi) is 5.14. The van der Waals surface area contributed by atoms with Crippen molar-refractivity contribution in [2.45, 2.75) is 19.5 Å². The molecular formula is C24H22N6O. The summed E-state index contributed by atoms with van der Waals surface area (Å²) < 4.78 is 1.49. The fourth-order valence-corrected chi connectivity index (χ4v) is 3.97. The van der Waals surface area contributed by atoms with Crippen LogP contribution in [0.25, 0.3) is 5.69 Å². The van der Waals surface area contributed by atoms with Crippen molar-refractivity contribution in [3.05, 3.63) is 101 Å². The van der Waals surface area contributed by atoms with Gasteiger partial charge in [0.1, 0.15) is 6.33 Å². The van der Waals surface area contributed by atoms with Gasteiger partial charge < -0.3 is 10.2 Å². The van der Waals surface area contributed by atoms with E-state index in [1.807, 2.05) is 18.2 Å². The van der Waals surface area contributed by atoms with E-state index in [-0.39, 0.29) is 5.91 Å². The highest BCUT2D eigenvalue weighted by atomic mass is 16.1. The number of rotatable bonds is 6. The maximum absolute atomic E-state index is 12.7. The number of carbonyl (C=O) groups excluding carboxylic acids is 1. The average molecular weight is 410 g/mol. The zero-order chi connectivity index (χ0) is 21.0. The van der Waals surface area contributed by atoms with Crippen LogP contribution in [-0.2, 0) is 19.5 Å². The molecule has 0 saturated carbocycles. The van der Waals surface area contributed by atoms with Crippen molar-refractivity contribution in [1.29, 1.82) is 0 Å². The Labute approximate surface area is 180 Å². The lowest BCUT2D eigenvalue weighted by Gasteiger charge is -2.19. The maximum atomic E-state index is 12.7. The van der Waals surface area contributed by atoms with Gasteiger partial charge in [0.15, 0.2) is 0 Å². The molecule has 0 spiro atoms. The molecule has 7 heteroatoms. The molecule has 2 heterocycles. The summed E-state index contributed by atoms with van der Waals surface area (Å²) in [6.45, 7) is 2.40. The van der Waals surface area contributed by atoms with E-state index >= 15 is 0 Å². The molecule has 0 saturated heterocycles. The fraction of sp³-hybridized carbons (Fsp3) is 0.167. The third-order valence-electron chi connectivity index (χ3n) is 5.58. The van der Waals surface area contributed by atoms with Gasteiger partial charge in [-0.25, -0.2) is 0 Å². The number of benzene rings is 3. The molecule has 0 atom stereocenters. The summed E-state index contributed by atoms with van der Waals surface area (Å²) in [4.78, 5) is 15.2. The molecule has 1 N–H and O–H groups in total. The Morgan fingerprint density at radius 3 is 2.45 bits per heavy atom. The maximum Gasteiger partial charge on any atom is 0.253 e. The first-order chi connectivity index (χ1) is 15.3. The lowest BCUT2D eigenvalue weighted by Crippen LogP contribution is -2.24. The van der Waals surface area contributed by atoms with Crippen molar-refractivity contribution < 1.29 is 4.79 Å². The van der Waals surface area contributed by atoms with Gasteiger partial charge in [0.2, 0.25) is 0 Å². The fourth-order valence-electron chi connectivity index (χ4n) is 3.97. The molecule has 0 aliphatic carbocycles. The third-order valence-corrected chi connectivity index (χ3v) is 5.58. The minimum atomic E-state index is -0.163. The molecule has 0 radical (unpaired) electrons. The summed E-state index contributed by atoms with van der Waals surface area (Å²) in [6.07, 6.45) is 2.58. The second-order valence-corrected chi connectivity index (χ2v) is 7.57. The van der Waals surface area contributed by atoms with Crippen LogP contribution in [0, 0.1) is 0 Å². The number of nitrogens with zero attached hydrogens (tertiary/aromatic N) is 5. The SMILES string of the molecule is O=C(NCc1ccc(CN2CCc3ccccc32)cc1)c1ccccc1-n1cnnn1. The van der Waals surface area contributed by atoms with Gasteiger partial charge >= 0.3 is 0 Å². The van der Waals surface area contributed by atoms with Crippen LogP contribution in [-0.4, -0.2) is 32.7 Å². The van der Waals surface area contributed by atoms with E-state index in [2.05, 4.69) is 74.3 Å². The molecule has 154 valence electrons. The molecule has 1 aliphatic heterocycles. The number of carbonyl (C=O) groups is 1. The number of aromatic nitrogens is 4.